The summed E-state index contributed by atoms with van der Waals surface area (Å²) in [6, 6.07) is 11.3. The molecule has 2 heterocycles. The van der Waals surface area contributed by atoms with Crippen LogP contribution in [-0.4, -0.2) is 43.6 Å². The summed E-state index contributed by atoms with van der Waals surface area (Å²) in [5.74, 6) is -0.404. The zero-order valence-corrected chi connectivity index (χ0v) is 15.3. The topological polar surface area (TPSA) is 90.8 Å². The highest BCUT2D eigenvalue weighted by atomic mass is 32.2. The first-order valence-corrected chi connectivity index (χ1v) is 9.92. The van der Waals surface area contributed by atoms with Crippen molar-refractivity contribution in [1.82, 2.24) is 4.98 Å². The van der Waals surface area contributed by atoms with Gasteiger partial charge < -0.3 is 10.0 Å². The minimum absolute atomic E-state index is 0.0815. The number of anilines is 2. The van der Waals surface area contributed by atoms with Crippen molar-refractivity contribution < 1.29 is 18.3 Å². The molecule has 1 aliphatic rings. The van der Waals surface area contributed by atoms with Gasteiger partial charge in [0.2, 0.25) is 0 Å². The average Bonchev–Trinajstić information content (AvgIpc) is 3.13. The Morgan fingerprint density at radius 2 is 2.00 bits per heavy atom. The molecule has 0 aliphatic carbocycles. The van der Waals surface area contributed by atoms with Crippen molar-refractivity contribution in [3.63, 3.8) is 0 Å². The minimum Gasteiger partial charge on any atom is -0.480 e. The molecule has 1 aromatic heterocycles. The summed E-state index contributed by atoms with van der Waals surface area (Å²) >= 11 is 0. The van der Waals surface area contributed by atoms with E-state index in [1.807, 2.05) is 6.07 Å². The van der Waals surface area contributed by atoms with Crippen molar-refractivity contribution in [1.29, 1.82) is 0 Å². The van der Waals surface area contributed by atoms with Crippen molar-refractivity contribution >= 4 is 27.5 Å². The number of sulfonamides is 1. The fraction of sp³-hybridized carbons (Fsp3) is 0.333. The molecule has 1 aliphatic heterocycles. The Labute approximate surface area is 152 Å². The molecule has 26 heavy (non-hydrogen) atoms. The number of benzene rings is 1. The van der Waals surface area contributed by atoms with Gasteiger partial charge in [-0.15, -0.1) is 0 Å². The summed E-state index contributed by atoms with van der Waals surface area (Å²) in [6.07, 6.45) is 2.64. The third kappa shape index (κ3) is 3.37. The van der Waals surface area contributed by atoms with E-state index in [0.29, 0.717) is 31.0 Å². The van der Waals surface area contributed by atoms with Gasteiger partial charge in [-0.25, -0.2) is 18.2 Å². The van der Waals surface area contributed by atoms with Crippen LogP contribution in [-0.2, 0) is 14.8 Å². The highest BCUT2D eigenvalue weighted by Gasteiger charge is 2.32. The number of carbonyl (C=O) groups is 1. The number of pyridine rings is 1. The largest absolute Gasteiger partial charge is 0.480 e. The maximum absolute atomic E-state index is 12.9. The standard InChI is InChI=1S/C18H21N3O4S/c1-2-21(14-7-4-3-5-8-14)26(24,25)15-10-11-17(19-13-15)20-12-6-9-16(20)18(22)23/h3-5,7-8,10-11,13,16H,2,6,9,12H2,1H3,(H,22,23). The molecule has 138 valence electrons. The second-order valence-electron chi connectivity index (χ2n) is 6.05. The molecule has 1 N–H and O–H groups in total. The quantitative estimate of drug-likeness (QED) is 0.833. The van der Waals surface area contributed by atoms with Crippen LogP contribution in [0.25, 0.3) is 0 Å². The van der Waals surface area contributed by atoms with Gasteiger partial charge >= 0.3 is 5.97 Å². The van der Waals surface area contributed by atoms with Gasteiger partial charge in [0.1, 0.15) is 16.8 Å². The van der Waals surface area contributed by atoms with Gasteiger partial charge in [-0.2, -0.15) is 0 Å². The lowest BCUT2D eigenvalue weighted by Gasteiger charge is -2.24. The van der Waals surface area contributed by atoms with Crippen molar-refractivity contribution in [3.05, 3.63) is 48.7 Å². The summed E-state index contributed by atoms with van der Waals surface area (Å²) in [4.78, 5) is 17.3. The van der Waals surface area contributed by atoms with Crippen LogP contribution in [0, 0.1) is 0 Å². The van der Waals surface area contributed by atoms with Crippen LogP contribution in [0.1, 0.15) is 19.8 Å². The van der Waals surface area contributed by atoms with Crippen LogP contribution in [0.15, 0.2) is 53.6 Å². The van der Waals surface area contributed by atoms with E-state index in [9.17, 15) is 18.3 Å². The highest BCUT2D eigenvalue weighted by Crippen LogP contribution is 2.27. The van der Waals surface area contributed by atoms with Crippen LogP contribution in [0.5, 0.6) is 0 Å². The number of para-hydroxylation sites is 1. The molecule has 3 rings (SSSR count). The molecule has 1 atom stereocenters. The second-order valence-corrected chi connectivity index (χ2v) is 7.91. The predicted octanol–water partition coefficient (Wildman–Crippen LogP) is 2.35. The molecular formula is C18H21N3O4S. The molecule has 0 bridgehead atoms. The Bertz CT molecular complexity index is 869. The molecule has 2 aromatic rings. The SMILES string of the molecule is CCN(c1ccccc1)S(=O)(=O)c1ccc(N2CCCC2C(=O)O)nc1. The second kappa shape index (κ2) is 7.33. The third-order valence-electron chi connectivity index (χ3n) is 4.47. The molecule has 0 amide bonds. The number of nitrogens with zero attached hydrogens (tertiary/aromatic N) is 3. The van der Waals surface area contributed by atoms with Gasteiger partial charge in [-0.1, -0.05) is 18.2 Å². The van der Waals surface area contributed by atoms with Crippen LogP contribution in [0.2, 0.25) is 0 Å². The van der Waals surface area contributed by atoms with Gasteiger partial charge in [-0.05, 0) is 44.0 Å². The van der Waals surface area contributed by atoms with Crippen LogP contribution >= 0.6 is 0 Å². The molecule has 0 spiro atoms. The van der Waals surface area contributed by atoms with Gasteiger partial charge in [0.25, 0.3) is 10.0 Å². The average molecular weight is 375 g/mol. The van der Waals surface area contributed by atoms with Gasteiger partial charge in [0, 0.05) is 19.3 Å². The Kier molecular flexibility index (Phi) is 5.13. The van der Waals surface area contributed by atoms with E-state index >= 15 is 0 Å². The fourth-order valence-electron chi connectivity index (χ4n) is 3.21. The first-order valence-electron chi connectivity index (χ1n) is 8.48. The predicted molar refractivity (Wildman–Crippen MR) is 98.9 cm³/mol. The summed E-state index contributed by atoms with van der Waals surface area (Å²) < 4.78 is 27.2. The number of carboxylic acid groups (broad SMARTS) is 1. The zero-order valence-electron chi connectivity index (χ0n) is 14.4. The number of aromatic nitrogens is 1. The van der Waals surface area contributed by atoms with Crippen molar-refractivity contribution in [3.8, 4) is 0 Å². The van der Waals surface area contributed by atoms with Crippen LogP contribution in [0.3, 0.4) is 0 Å². The van der Waals surface area contributed by atoms with Gasteiger partial charge in [0.15, 0.2) is 0 Å². The first kappa shape index (κ1) is 18.2. The van der Waals surface area contributed by atoms with Crippen molar-refractivity contribution in [2.45, 2.75) is 30.7 Å². The molecule has 0 saturated carbocycles. The Morgan fingerprint density at radius 3 is 2.58 bits per heavy atom. The van der Waals surface area contributed by atoms with Gasteiger partial charge in [0.05, 0.1) is 5.69 Å². The van der Waals surface area contributed by atoms with E-state index < -0.39 is 22.0 Å². The highest BCUT2D eigenvalue weighted by molar-refractivity contribution is 7.92. The van der Waals surface area contributed by atoms with E-state index in [0.717, 1.165) is 6.42 Å². The number of hydrogen-bond acceptors (Lipinski definition) is 5. The number of carboxylic acids is 1. The third-order valence-corrected chi connectivity index (χ3v) is 6.36. The van der Waals surface area contributed by atoms with E-state index in [-0.39, 0.29) is 4.90 Å². The summed E-state index contributed by atoms with van der Waals surface area (Å²) in [5.41, 5.74) is 0.588. The normalized spacial score (nSPS) is 17.3. The lowest BCUT2D eigenvalue weighted by molar-refractivity contribution is -0.138. The molecule has 1 saturated heterocycles. The first-order chi connectivity index (χ1) is 12.4. The monoisotopic (exact) mass is 375 g/mol. The number of hydrogen-bond donors (Lipinski definition) is 1. The van der Waals surface area contributed by atoms with Crippen molar-refractivity contribution in [2.75, 3.05) is 22.3 Å². The Balaban J connectivity index is 1.89. The molecule has 1 aromatic carbocycles. The summed E-state index contributed by atoms with van der Waals surface area (Å²) in [7, 11) is -3.74. The van der Waals surface area contributed by atoms with Crippen molar-refractivity contribution in [2.24, 2.45) is 0 Å². The number of aliphatic carboxylic acids is 1. The summed E-state index contributed by atoms with van der Waals surface area (Å²) in [6.45, 7) is 2.66. The lowest BCUT2D eigenvalue weighted by Crippen LogP contribution is -2.36. The molecule has 1 fully saturated rings. The van der Waals surface area contributed by atoms with E-state index in [2.05, 4.69) is 4.98 Å². The smallest absolute Gasteiger partial charge is 0.326 e. The lowest BCUT2D eigenvalue weighted by atomic mass is 10.2. The van der Waals surface area contributed by atoms with E-state index in [4.69, 9.17) is 0 Å². The summed E-state index contributed by atoms with van der Waals surface area (Å²) in [5, 5.41) is 9.29. The molecule has 1 unspecified atom stereocenters. The van der Waals surface area contributed by atoms with Gasteiger partial charge in [-0.3, -0.25) is 4.31 Å². The maximum atomic E-state index is 12.9. The molecular weight excluding hydrogens is 354 g/mol. The molecule has 0 radical (unpaired) electrons. The maximum Gasteiger partial charge on any atom is 0.326 e. The molecule has 7 nitrogen and oxygen atoms in total. The Morgan fingerprint density at radius 1 is 1.27 bits per heavy atom. The molecule has 8 heteroatoms. The number of rotatable bonds is 6. The minimum atomic E-state index is -3.74. The fourth-order valence-corrected chi connectivity index (χ4v) is 4.63. The zero-order chi connectivity index (χ0) is 18.7. The van der Waals surface area contributed by atoms with Crippen LogP contribution in [0.4, 0.5) is 11.5 Å². The Hall–Kier alpha value is -2.61. The van der Waals surface area contributed by atoms with E-state index in [1.165, 1.54) is 16.6 Å². The van der Waals surface area contributed by atoms with E-state index in [1.54, 1.807) is 42.2 Å². The van der Waals surface area contributed by atoms with Crippen LogP contribution < -0.4 is 9.21 Å².